The van der Waals surface area contributed by atoms with Gasteiger partial charge in [0.05, 0.1) is 11.7 Å². The largest absolute Gasteiger partial charge is 0.305 e. The lowest BCUT2D eigenvalue weighted by molar-refractivity contribution is 0.549. The van der Waals surface area contributed by atoms with E-state index in [0.29, 0.717) is 0 Å². The van der Waals surface area contributed by atoms with Crippen molar-refractivity contribution in [1.82, 2.24) is 20.3 Å². The molecule has 1 unspecified atom stereocenters. The van der Waals surface area contributed by atoms with Gasteiger partial charge in [0.25, 0.3) is 0 Å². The molecule has 0 bridgehead atoms. The molecule has 108 valence electrons. The number of hydrogen-bond donors (Lipinski definition) is 1. The molecule has 2 rings (SSSR count). The van der Waals surface area contributed by atoms with Gasteiger partial charge in [-0.2, -0.15) is 0 Å². The van der Waals surface area contributed by atoms with Crippen LogP contribution in [0.3, 0.4) is 0 Å². The first-order valence-corrected chi connectivity index (χ1v) is 7.76. The molecular formula is C14H18BrClN4. The standard InChI is InChI=1S/C14H18BrClN4/c1-4-7-17-12(13-14(15)18-19-20(13)3)10-5-6-11(16)9(2)8-10/h5-6,8,12,17H,4,7H2,1-3H3. The van der Waals surface area contributed by atoms with Crippen molar-refractivity contribution < 1.29 is 0 Å². The summed E-state index contributed by atoms with van der Waals surface area (Å²) in [5.74, 6) is 0. The molecule has 1 aromatic carbocycles. The number of rotatable bonds is 5. The van der Waals surface area contributed by atoms with E-state index in [2.05, 4.69) is 44.5 Å². The minimum absolute atomic E-state index is 0.0419. The van der Waals surface area contributed by atoms with Crippen LogP contribution in [-0.2, 0) is 7.05 Å². The van der Waals surface area contributed by atoms with Crippen LogP contribution in [0.5, 0.6) is 0 Å². The first-order valence-electron chi connectivity index (χ1n) is 6.59. The second-order valence-corrected chi connectivity index (χ2v) is 5.94. The summed E-state index contributed by atoms with van der Waals surface area (Å²) >= 11 is 9.60. The van der Waals surface area contributed by atoms with Crippen LogP contribution in [0.15, 0.2) is 22.8 Å². The summed E-state index contributed by atoms with van der Waals surface area (Å²) in [5, 5.41) is 12.5. The Morgan fingerprint density at radius 2 is 2.20 bits per heavy atom. The van der Waals surface area contributed by atoms with Crippen LogP contribution in [0.4, 0.5) is 0 Å². The van der Waals surface area contributed by atoms with Crippen molar-refractivity contribution in [3.63, 3.8) is 0 Å². The van der Waals surface area contributed by atoms with Crippen LogP contribution in [0.1, 0.15) is 36.2 Å². The van der Waals surface area contributed by atoms with Crippen LogP contribution in [0, 0.1) is 6.92 Å². The molecule has 1 atom stereocenters. The monoisotopic (exact) mass is 356 g/mol. The Morgan fingerprint density at radius 3 is 2.75 bits per heavy atom. The van der Waals surface area contributed by atoms with Gasteiger partial charge in [-0.1, -0.05) is 35.9 Å². The summed E-state index contributed by atoms with van der Waals surface area (Å²) < 4.78 is 2.56. The van der Waals surface area contributed by atoms with Crippen molar-refractivity contribution in [2.45, 2.75) is 26.3 Å². The molecule has 2 aromatic rings. The molecule has 0 radical (unpaired) electrons. The van der Waals surface area contributed by atoms with Crippen LogP contribution >= 0.6 is 27.5 Å². The molecule has 0 aliphatic rings. The Bertz CT molecular complexity index is 577. The van der Waals surface area contributed by atoms with E-state index in [4.69, 9.17) is 11.6 Å². The summed E-state index contributed by atoms with van der Waals surface area (Å²) in [6, 6.07) is 6.13. The van der Waals surface area contributed by atoms with Gasteiger partial charge in [-0.25, -0.2) is 4.68 Å². The van der Waals surface area contributed by atoms with Crippen molar-refractivity contribution in [3.8, 4) is 0 Å². The normalized spacial score (nSPS) is 12.7. The lowest BCUT2D eigenvalue weighted by Gasteiger charge is -2.20. The number of benzene rings is 1. The molecule has 0 saturated carbocycles. The van der Waals surface area contributed by atoms with Crippen molar-refractivity contribution in [2.24, 2.45) is 7.05 Å². The average Bonchev–Trinajstić information content (AvgIpc) is 2.75. The van der Waals surface area contributed by atoms with Crippen LogP contribution in [-0.4, -0.2) is 21.5 Å². The maximum atomic E-state index is 6.12. The van der Waals surface area contributed by atoms with Gasteiger partial charge in [-0.15, -0.1) is 5.10 Å². The quantitative estimate of drug-likeness (QED) is 0.888. The molecule has 0 fully saturated rings. The van der Waals surface area contributed by atoms with E-state index in [1.54, 1.807) is 4.68 Å². The molecule has 1 heterocycles. The van der Waals surface area contributed by atoms with Gasteiger partial charge in [0.2, 0.25) is 0 Å². The van der Waals surface area contributed by atoms with E-state index in [1.807, 2.05) is 26.1 Å². The number of aryl methyl sites for hydroxylation is 2. The van der Waals surface area contributed by atoms with Crippen LogP contribution in [0.2, 0.25) is 5.02 Å². The third-order valence-corrected chi connectivity index (χ3v) is 4.20. The Hall–Kier alpha value is -0.910. The fraction of sp³-hybridized carbons (Fsp3) is 0.429. The Kier molecular flexibility index (Phi) is 5.18. The predicted octanol–water partition coefficient (Wildman–Crippen LogP) is 3.63. The molecular weight excluding hydrogens is 340 g/mol. The van der Waals surface area contributed by atoms with Gasteiger partial charge in [0, 0.05) is 12.1 Å². The van der Waals surface area contributed by atoms with Crippen molar-refractivity contribution in [2.75, 3.05) is 6.54 Å². The summed E-state index contributed by atoms with van der Waals surface area (Å²) in [7, 11) is 1.90. The highest BCUT2D eigenvalue weighted by Crippen LogP contribution is 2.29. The fourth-order valence-corrected chi connectivity index (χ4v) is 2.83. The molecule has 0 amide bonds. The first-order chi connectivity index (χ1) is 9.54. The van der Waals surface area contributed by atoms with Gasteiger partial charge in [-0.3, -0.25) is 0 Å². The second-order valence-electron chi connectivity index (χ2n) is 4.78. The Balaban J connectivity index is 2.44. The maximum Gasteiger partial charge on any atom is 0.153 e. The van der Waals surface area contributed by atoms with Gasteiger partial charge < -0.3 is 5.32 Å². The average molecular weight is 358 g/mol. The zero-order chi connectivity index (χ0) is 14.7. The van der Waals surface area contributed by atoms with Gasteiger partial charge in [-0.05, 0) is 53.0 Å². The molecule has 4 nitrogen and oxygen atoms in total. The molecule has 0 aliphatic carbocycles. The number of aromatic nitrogens is 3. The third kappa shape index (κ3) is 3.22. The van der Waals surface area contributed by atoms with E-state index in [0.717, 1.165) is 39.4 Å². The molecule has 0 spiro atoms. The number of halogens is 2. The minimum Gasteiger partial charge on any atom is -0.305 e. The number of hydrogen-bond acceptors (Lipinski definition) is 3. The lowest BCUT2D eigenvalue weighted by atomic mass is 10.0. The van der Waals surface area contributed by atoms with Gasteiger partial charge in [0.15, 0.2) is 4.60 Å². The number of nitrogens with one attached hydrogen (secondary N) is 1. The molecule has 0 aliphatic heterocycles. The van der Waals surface area contributed by atoms with Crippen LogP contribution in [0.25, 0.3) is 0 Å². The van der Waals surface area contributed by atoms with Gasteiger partial charge >= 0.3 is 0 Å². The van der Waals surface area contributed by atoms with E-state index in [-0.39, 0.29) is 6.04 Å². The van der Waals surface area contributed by atoms with Crippen molar-refractivity contribution in [1.29, 1.82) is 0 Å². The molecule has 1 aromatic heterocycles. The SMILES string of the molecule is CCCNC(c1ccc(Cl)c(C)c1)c1c(Br)nnn1C. The first kappa shape index (κ1) is 15.5. The zero-order valence-electron chi connectivity index (χ0n) is 11.8. The minimum atomic E-state index is 0.0419. The summed E-state index contributed by atoms with van der Waals surface area (Å²) in [4.78, 5) is 0. The lowest BCUT2D eigenvalue weighted by Crippen LogP contribution is -2.25. The Morgan fingerprint density at radius 1 is 1.45 bits per heavy atom. The highest BCUT2D eigenvalue weighted by Gasteiger charge is 2.21. The third-order valence-electron chi connectivity index (χ3n) is 3.21. The zero-order valence-corrected chi connectivity index (χ0v) is 14.2. The van der Waals surface area contributed by atoms with Crippen LogP contribution < -0.4 is 5.32 Å². The fourth-order valence-electron chi connectivity index (χ4n) is 2.15. The van der Waals surface area contributed by atoms with Crippen molar-refractivity contribution in [3.05, 3.63) is 44.6 Å². The van der Waals surface area contributed by atoms with Crippen molar-refractivity contribution >= 4 is 27.5 Å². The summed E-state index contributed by atoms with van der Waals surface area (Å²) in [5.41, 5.74) is 3.24. The number of nitrogens with zero attached hydrogens (tertiary/aromatic N) is 3. The Labute approximate surface area is 132 Å². The summed E-state index contributed by atoms with van der Waals surface area (Å²) in [6.07, 6.45) is 1.06. The van der Waals surface area contributed by atoms with Gasteiger partial charge in [0.1, 0.15) is 0 Å². The highest BCUT2D eigenvalue weighted by molar-refractivity contribution is 9.10. The second kappa shape index (κ2) is 6.70. The molecule has 6 heteroatoms. The molecule has 1 N–H and O–H groups in total. The predicted molar refractivity (Wildman–Crippen MR) is 85.0 cm³/mol. The summed E-state index contributed by atoms with van der Waals surface area (Å²) in [6.45, 7) is 5.08. The topological polar surface area (TPSA) is 42.7 Å². The highest BCUT2D eigenvalue weighted by atomic mass is 79.9. The van der Waals surface area contributed by atoms with E-state index >= 15 is 0 Å². The van der Waals surface area contributed by atoms with E-state index in [1.165, 1.54) is 0 Å². The van der Waals surface area contributed by atoms with E-state index < -0.39 is 0 Å². The maximum absolute atomic E-state index is 6.12. The molecule has 0 saturated heterocycles. The smallest absolute Gasteiger partial charge is 0.153 e. The van der Waals surface area contributed by atoms with E-state index in [9.17, 15) is 0 Å². The molecule has 20 heavy (non-hydrogen) atoms.